The van der Waals surface area contributed by atoms with Crippen LogP contribution in [0.1, 0.15) is 29.0 Å². The summed E-state index contributed by atoms with van der Waals surface area (Å²) in [6.45, 7) is 2.74. The van der Waals surface area contributed by atoms with Gasteiger partial charge in [-0.2, -0.15) is 0 Å². The Morgan fingerprint density at radius 1 is 1.42 bits per heavy atom. The molecule has 128 valence electrons. The number of rotatable bonds is 8. The molecule has 0 saturated heterocycles. The Morgan fingerprint density at radius 3 is 2.88 bits per heavy atom. The van der Waals surface area contributed by atoms with Crippen molar-refractivity contribution >= 4 is 5.91 Å². The average Bonchev–Trinajstić information content (AvgIpc) is 3.33. The third kappa shape index (κ3) is 4.21. The number of aryl methyl sites for hydroxylation is 1. The number of carbonyl (C=O) groups is 1. The van der Waals surface area contributed by atoms with E-state index in [0.29, 0.717) is 29.5 Å². The third-order valence-electron chi connectivity index (χ3n) is 4.00. The molecule has 2 aromatic rings. The van der Waals surface area contributed by atoms with Gasteiger partial charge in [0.05, 0.1) is 12.7 Å². The quantitative estimate of drug-likeness (QED) is 0.775. The minimum absolute atomic E-state index is 0.127. The van der Waals surface area contributed by atoms with E-state index in [1.54, 1.807) is 6.92 Å². The molecule has 0 bridgehead atoms. The fraction of sp³-hybridized carbons (Fsp3) is 0.444. The van der Waals surface area contributed by atoms with Gasteiger partial charge in [0.2, 0.25) is 0 Å². The molecule has 1 fully saturated rings. The number of aliphatic hydroxyl groups is 1. The van der Waals surface area contributed by atoms with Crippen LogP contribution in [0, 0.1) is 12.8 Å². The molecule has 0 spiro atoms. The van der Waals surface area contributed by atoms with Crippen molar-refractivity contribution in [2.75, 3.05) is 19.8 Å². The maximum atomic E-state index is 12.5. The fourth-order valence-corrected chi connectivity index (χ4v) is 2.45. The molecule has 0 radical (unpaired) electrons. The summed E-state index contributed by atoms with van der Waals surface area (Å²) >= 11 is 0. The lowest BCUT2D eigenvalue weighted by molar-refractivity contribution is 0.0320. The summed E-state index contributed by atoms with van der Waals surface area (Å²) in [4.78, 5) is 12.5. The summed E-state index contributed by atoms with van der Waals surface area (Å²) in [6.07, 6.45) is 1.69. The number of aliphatic hydroxyl groups excluding tert-OH is 1. The summed E-state index contributed by atoms with van der Waals surface area (Å²) in [5.41, 5.74) is 1.71. The van der Waals surface area contributed by atoms with E-state index < -0.39 is 6.10 Å². The van der Waals surface area contributed by atoms with Crippen LogP contribution >= 0.6 is 0 Å². The number of amides is 1. The second kappa shape index (κ2) is 7.59. The molecule has 6 heteroatoms. The number of ether oxygens (including phenoxy) is 1. The Balaban J connectivity index is 1.57. The van der Waals surface area contributed by atoms with Gasteiger partial charge in [-0.25, -0.2) is 0 Å². The Kier molecular flexibility index (Phi) is 5.27. The molecule has 0 aliphatic heterocycles. The Bertz CT molecular complexity index is 680. The number of hydrogen-bond acceptors (Lipinski definition) is 5. The van der Waals surface area contributed by atoms with Gasteiger partial charge in [-0.1, -0.05) is 35.5 Å². The van der Waals surface area contributed by atoms with Gasteiger partial charge in [0, 0.05) is 18.7 Å². The van der Waals surface area contributed by atoms with Gasteiger partial charge < -0.3 is 19.7 Å². The highest BCUT2D eigenvalue weighted by Gasteiger charge is 2.23. The molecule has 2 N–H and O–H groups in total. The molecule has 1 aliphatic rings. The Labute approximate surface area is 140 Å². The SMILES string of the molecule is Cc1onc(-c2ccccc2)c1C(=O)NCC(O)COCC1CC1. The van der Waals surface area contributed by atoms with Crippen molar-refractivity contribution in [3.8, 4) is 11.3 Å². The molecule has 1 aromatic heterocycles. The van der Waals surface area contributed by atoms with Gasteiger partial charge in [0.25, 0.3) is 5.91 Å². The number of nitrogens with one attached hydrogen (secondary N) is 1. The third-order valence-corrected chi connectivity index (χ3v) is 4.00. The van der Waals surface area contributed by atoms with Crippen LogP contribution < -0.4 is 5.32 Å². The maximum absolute atomic E-state index is 12.5. The number of carbonyl (C=O) groups excluding carboxylic acids is 1. The first-order valence-corrected chi connectivity index (χ1v) is 8.21. The summed E-state index contributed by atoms with van der Waals surface area (Å²) < 4.78 is 10.6. The number of hydrogen-bond donors (Lipinski definition) is 2. The molecular formula is C18H22N2O4. The van der Waals surface area contributed by atoms with E-state index in [0.717, 1.165) is 5.56 Å². The van der Waals surface area contributed by atoms with Crippen LogP contribution in [0.5, 0.6) is 0 Å². The molecular weight excluding hydrogens is 308 g/mol. The van der Waals surface area contributed by atoms with E-state index in [1.807, 2.05) is 30.3 Å². The zero-order valence-electron chi connectivity index (χ0n) is 13.7. The Hall–Kier alpha value is -2.18. The summed E-state index contributed by atoms with van der Waals surface area (Å²) in [5, 5.41) is 16.6. The molecule has 1 aromatic carbocycles. The predicted molar refractivity (Wildman–Crippen MR) is 88.6 cm³/mol. The van der Waals surface area contributed by atoms with E-state index in [2.05, 4.69) is 10.5 Å². The lowest BCUT2D eigenvalue weighted by atomic mass is 10.1. The van der Waals surface area contributed by atoms with Crippen LogP contribution in [0.15, 0.2) is 34.9 Å². The van der Waals surface area contributed by atoms with Crippen LogP contribution in [-0.2, 0) is 4.74 Å². The lowest BCUT2D eigenvalue weighted by Gasteiger charge is -2.12. The van der Waals surface area contributed by atoms with Gasteiger partial charge in [-0.05, 0) is 25.7 Å². The van der Waals surface area contributed by atoms with Gasteiger partial charge in [-0.15, -0.1) is 0 Å². The van der Waals surface area contributed by atoms with Crippen molar-refractivity contribution in [3.63, 3.8) is 0 Å². The molecule has 1 amide bonds. The topological polar surface area (TPSA) is 84.6 Å². The van der Waals surface area contributed by atoms with E-state index >= 15 is 0 Å². The molecule has 1 heterocycles. The molecule has 1 atom stereocenters. The number of nitrogens with zero attached hydrogens (tertiary/aromatic N) is 1. The van der Waals surface area contributed by atoms with Crippen LogP contribution in [0.2, 0.25) is 0 Å². The average molecular weight is 330 g/mol. The van der Waals surface area contributed by atoms with Crippen molar-refractivity contribution in [2.24, 2.45) is 5.92 Å². The van der Waals surface area contributed by atoms with E-state index in [4.69, 9.17) is 9.26 Å². The van der Waals surface area contributed by atoms with Crippen LogP contribution in [-0.4, -0.2) is 42.0 Å². The highest BCUT2D eigenvalue weighted by Crippen LogP contribution is 2.28. The van der Waals surface area contributed by atoms with Crippen LogP contribution in [0.25, 0.3) is 11.3 Å². The summed E-state index contributed by atoms with van der Waals surface area (Å²) in [5.74, 6) is 0.791. The minimum atomic E-state index is -0.729. The van der Waals surface area contributed by atoms with Gasteiger partial charge in [-0.3, -0.25) is 4.79 Å². The highest BCUT2D eigenvalue weighted by atomic mass is 16.5. The molecule has 1 saturated carbocycles. The van der Waals surface area contributed by atoms with Crippen molar-refractivity contribution in [3.05, 3.63) is 41.7 Å². The van der Waals surface area contributed by atoms with Gasteiger partial charge in [0.1, 0.15) is 17.0 Å². The largest absolute Gasteiger partial charge is 0.389 e. The molecule has 6 nitrogen and oxygen atoms in total. The van der Waals surface area contributed by atoms with Gasteiger partial charge in [0.15, 0.2) is 0 Å². The summed E-state index contributed by atoms with van der Waals surface area (Å²) in [7, 11) is 0. The van der Waals surface area contributed by atoms with E-state index in [1.165, 1.54) is 12.8 Å². The fourth-order valence-electron chi connectivity index (χ4n) is 2.45. The van der Waals surface area contributed by atoms with Crippen LogP contribution in [0.3, 0.4) is 0 Å². The molecule has 24 heavy (non-hydrogen) atoms. The zero-order valence-corrected chi connectivity index (χ0v) is 13.7. The van der Waals surface area contributed by atoms with Gasteiger partial charge >= 0.3 is 0 Å². The van der Waals surface area contributed by atoms with Crippen molar-refractivity contribution in [1.82, 2.24) is 10.5 Å². The monoisotopic (exact) mass is 330 g/mol. The number of benzene rings is 1. The first kappa shape index (κ1) is 16.7. The number of aromatic nitrogens is 1. The van der Waals surface area contributed by atoms with E-state index in [-0.39, 0.29) is 19.1 Å². The standard InChI is InChI=1S/C18H22N2O4/c1-12-16(17(20-24-12)14-5-3-2-4-6-14)18(22)19-9-15(21)11-23-10-13-7-8-13/h2-6,13,15,21H,7-11H2,1H3,(H,19,22). The van der Waals surface area contributed by atoms with Crippen molar-refractivity contribution in [1.29, 1.82) is 0 Å². The minimum Gasteiger partial charge on any atom is -0.389 e. The Morgan fingerprint density at radius 2 is 2.17 bits per heavy atom. The molecule has 3 rings (SSSR count). The summed E-state index contributed by atoms with van der Waals surface area (Å²) in [6, 6.07) is 9.39. The van der Waals surface area contributed by atoms with Crippen molar-refractivity contribution < 1.29 is 19.2 Å². The van der Waals surface area contributed by atoms with Crippen LogP contribution in [0.4, 0.5) is 0 Å². The second-order valence-corrected chi connectivity index (χ2v) is 6.17. The smallest absolute Gasteiger partial charge is 0.257 e. The molecule has 1 aliphatic carbocycles. The highest BCUT2D eigenvalue weighted by molar-refractivity contribution is 6.00. The zero-order chi connectivity index (χ0) is 16.9. The maximum Gasteiger partial charge on any atom is 0.257 e. The second-order valence-electron chi connectivity index (χ2n) is 6.17. The predicted octanol–water partition coefficient (Wildman–Crippen LogP) is 2.17. The molecule has 1 unspecified atom stereocenters. The van der Waals surface area contributed by atoms with E-state index in [9.17, 15) is 9.90 Å². The van der Waals surface area contributed by atoms with Crippen molar-refractivity contribution in [2.45, 2.75) is 25.9 Å². The lowest BCUT2D eigenvalue weighted by Crippen LogP contribution is -2.35. The first-order valence-electron chi connectivity index (χ1n) is 8.21. The normalized spacial score (nSPS) is 15.2. The first-order chi connectivity index (χ1) is 11.6.